The van der Waals surface area contributed by atoms with Crippen molar-refractivity contribution < 1.29 is 57.8 Å². The molecule has 0 spiro atoms. The van der Waals surface area contributed by atoms with Crippen LogP contribution in [0.25, 0.3) is 10.1 Å². The summed E-state index contributed by atoms with van der Waals surface area (Å²) in [5.74, 6) is -3.69. The highest BCUT2D eigenvalue weighted by atomic mass is 32.2. The van der Waals surface area contributed by atoms with Crippen molar-refractivity contribution in [1.82, 2.24) is 0 Å². The van der Waals surface area contributed by atoms with Gasteiger partial charge in [-0.3, -0.25) is 9.52 Å². The summed E-state index contributed by atoms with van der Waals surface area (Å²) >= 11 is 1.06. The zero-order chi connectivity index (χ0) is 33.5. The molecule has 0 unspecified atom stereocenters. The van der Waals surface area contributed by atoms with Gasteiger partial charge in [-0.05, 0) is 71.1 Å². The number of sulfonamides is 1. The number of halogens is 8. The lowest BCUT2D eigenvalue weighted by Crippen LogP contribution is -2.33. The first-order valence-corrected chi connectivity index (χ1v) is 15.2. The summed E-state index contributed by atoms with van der Waals surface area (Å²) in [4.78, 5) is 13.2. The van der Waals surface area contributed by atoms with Crippen LogP contribution in [0.2, 0.25) is 0 Å². The first-order valence-electron chi connectivity index (χ1n) is 12.5. The van der Waals surface area contributed by atoms with Crippen LogP contribution in [0.3, 0.4) is 0 Å². The number of nitrogens with one attached hydrogen (secondary N) is 2. The second-order valence-corrected chi connectivity index (χ2v) is 13.1. The van der Waals surface area contributed by atoms with Crippen LogP contribution < -0.4 is 19.5 Å². The lowest BCUT2D eigenvalue weighted by molar-refractivity contribution is -0.274. The number of alkyl halides is 7. The van der Waals surface area contributed by atoms with E-state index in [-0.39, 0.29) is 27.4 Å². The Kier molecular flexibility index (Phi) is 9.00. The van der Waals surface area contributed by atoms with Crippen molar-refractivity contribution in [3.63, 3.8) is 0 Å². The molecular formula is C28H22F8N2O5S2. The van der Waals surface area contributed by atoms with E-state index in [2.05, 4.69) is 19.5 Å². The number of anilines is 2. The molecule has 0 saturated carbocycles. The molecule has 7 nitrogen and oxygen atoms in total. The van der Waals surface area contributed by atoms with Crippen LogP contribution >= 0.6 is 11.3 Å². The minimum Gasteiger partial charge on any atom is -0.428 e. The average molecular weight is 683 g/mol. The molecule has 0 aliphatic heterocycles. The third kappa shape index (κ3) is 8.54. The van der Waals surface area contributed by atoms with Crippen LogP contribution in [0.15, 0.2) is 60.7 Å². The van der Waals surface area contributed by atoms with Crippen molar-refractivity contribution in [2.75, 3.05) is 16.3 Å². The van der Waals surface area contributed by atoms with Gasteiger partial charge in [-0.15, -0.1) is 24.5 Å². The Morgan fingerprint density at radius 1 is 0.844 bits per heavy atom. The van der Waals surface area contributed by atoms with Gasteiger partial charge in [-0.1, -0.05) is 13.8 Å². The van der Waals surface area contributed by atoms with Gasteiger partial charge in [0.05, 0.1) is 11.1 Å². The fourth-order valence-corrected chi connectivity index (χ4v) is 5.69. The summed E-state index contributed by atoms with van der Waals surface area (Å²) < 4.78 is 140. The maximum atomic E-state index is 14.8. The number of hydrogen-bond acceptors (Lipinski definition) is 6. The largest absolute Gasteiger partial charge is 0.573 e. The quantitative estimate of drug-likeness (QED) is 0.165. The maximum absolute atomic E-state index is 14.8. The third-order valence-corrected chi connectivity index (χ3v) is 7.99. The van der Waals surface area contributed by atoms with E-state index in [1.54, 1.807) is 6.07 Å². The first kappa shape index (κ1) is 33.8. The Labute approximate surface area is 254 Å². The normalized spacial score (nSPS) is 12.8. The molecule has 4 aromatic rings. The minimum absolute atomic E-state index is 0.0429. The highest BCUT2D eigenvalue weighted by Gasteiger charge is 2.44. The van der Waals surface area contributed by atoms with E-state index in [1.807, 2.05) is 0 Å². The van der Waals surface area contributed by atoms with Gasteiger partial charge in [0.15, 0.2) is 0 Å². The van der Waals surface area contributed by atoms with Crippen LogP contribution in [0.1, 0.15) is 34.6 Å². The van der Waals surface area contributed by atoms with Gasteiger partial charge in [-0.25, -0.2) is 12.8 Å². The van der Waals surface area contributed by atoms with Crippen molar-refractivity contribution in [2.45, 2.75) is 38.2 Å². The predicted molar refractivity (Wildman–Crippen MR) is 151 cm³/mol. The van der Waals surface area contributed by atoms with Crippen molar-refractivity contribution in [3.8, 4) is 11.5 Å². The molecule has 0 radical (unpaired) electrons. The number of thiophene rings is 1. The number of rotatable bonds is 10. The topological polar surface area (TPSA) is 93.7 Å². The monoisotopic (exact) mass is 682 g/mol. The number of fused-ring (bicyclic) bond motifs is 1. The van der Waals surface area contributed by atoms with E-state index in [9.17, 15) is 48.3 Å². The van der Waals surface area contributed by atoms with Crippen LogP contribution in [0.5, 0.6) is 11.5 Å². The molecule has 4 rings (SSSR count). The fraction of sp³-hybridized carbons (Fsp3) is 0.250. The van der Waals surface area contributed by atoms with E-state index in [0.717, 1.165) is 41.9 Å². The van der Waals surface area contributed by atoms with E-state index in [4.69, 9.17) is 0 Å². The lowest BCUT2D eigenvalue weighted by Gasteiger charge is -2.28. The van der Waals surface area contributed by atoms with E-state index in [1.165, 1.54) is 38.1 Å². The van der Waals surface area contributed by atoms with E-state index >= 15 is 0 Å². The van der Waals surface area contributed by atoms with Crippen molar-refractivity contribution in [2.24, 2.45) is 0 Å². The van der Waals surface area contributed by atoms with Gasteiger partial charge >= 0.3 is 18.9 Å². The summed E-state index contributed by atoms with van der Waals surface area (Å²) in [5, 5.41) is 3.05. The van der Waals surface area contributed by atoms with Crippen LogP contribution in [-0.2, 0) is 15.4 Å². The number of benzene rings is 3. The minimum atomic E-state index is -5.28. The van der Waals surface area contributed by atoms with E-state index in [0.29, 0.717) is 16.2 Å². The highest BCUT2D eigenvalue weighted by Crippen LogP contribution is 2.40. The second kappa shape index (κ2) is 12.0. The highest BCUT2D eigenvalue weighted by molar-refractivity contribution is 7.92. The molecule has 0 saturated heterocycles. The standard InChI is InChI=1S/C28H22F8N2O5S2/c1-26(2,16-10-20(42-27(32,33)25(30)31)13-21(11-16)43-28(34,35)36)15-8-17(29)12-19(9-15)37-24(39)23-7-14-6-18(38-45(3,40)41)4-5-22(14)44-23/h4-13,25,38H,1-3H3,(H,37,39). The Hall–Kier alpha value is -4.12. The Morgan fingerprint density at radius 3 is 2.07 bits per heavy atom. The molecule has 0 atom stereocenters. The molecule has 0 aliphatic carbocycles. The molecule has 0 aliphatic rings. The predicted octanol–water partition coefficient (Wildman–Crippen LogP) is 8.13. The van der Waals surface area contributed by atoms with Gasteiger partial charge in [-0.2, -0.15) is 17.6 Å². The van der Waals surface area contributed by atoms with Gasteiger partial charge in [0, 0.05) is 27.6 Å². The molecule has 1 heterocycles. The second-order valence-electron chi connectivity index (χ2n) is 10.3. The first-order chi connectivity index (χ1) is 20.6. The Balaban J connectivity index is 1.67. The van der Waals surface area contributed by atoms with Crippen molar-refractivity contribution >= 4 is 48.7 Å². The van der Waals surface area contributed by atoms with Crippen LogP contribution in [-0.4, -0.2) is 39.5 Å². The Morgan fingerprint density at radius 2 is 1.47 bits per heavy atom. The summed E-state index contributed by atoms with van der Waals surface area (Å²) in [6.45, 7) is 2.76. The zero-order valence-electron chi connectivity index (χ0n) is 23.2. The summed E-state index contributed by atoms with van der Waals surface area (Å²) in [6, 6.07) is 11.3. The smallest absolute Gasteiger partial charge is 0.428 e. The van der Waals surface area contributed by atoms with Gasteiger partial charge in [0.1, 0.15) is 17.3 Å². The van der Waals surface area contributed by atoms with Crippen LogP contribution in [0.4, 0.5) is 46.5 Å². The lowest BCUT2D eigenvalue weighted by atomic mass is 9.77. The number of ether oxygens (including phenoxy) is 2. The molecular weight excluding hydrogens is 660 g/mol. The molecule has 242 valence electrons. The maximum Gasteiger partial charge on any atom is 0.573 e. The van der Waals surface area contributed by atoms with Gasteiger partial charge in [0.25, 0.3) is 5.91 Å². The molecule has 2 N–H and O–H groups in total. The molecule has 45 heavy (non-hydrogen) atoms. The van der Waals surface area contributed by atoms with Gasteiger partial charge < -0.3 is 14.8 Å². The molecule has 0 fully saturated rings. The Bertz CT molecular complexity index is 1860. The summed E-state index contributed by atoms with van der Waals surface area (Å²) in [7, 11) is -3.55. The summed E-state index contributed by atoms with van der Waals surface area (Å²) in [5.41, 5.74) is -1.48. The average Bonchev–Trinajstić information content (AvgIpc) is 3.29. The number of carbonyl (C=O) groups is 1. The molecule has 0 bridgehead atoms. The molecule has 1 amide bonds. The molecule has 1 aromatic heterocycles. The SMILES string of the molecule is CC(C)(c1cc(F)cc(NC(=O)c2cc3cc(NS(C)(=O)=O)ccc3s2)c1)c1cc(OC(F)(F)F)cc(OC(F)(F)C(F)F)c1. The number of carbonyl (C=O) groups excluding carboxylic acids is 1. The number of hydrogen-bond donors (Lipinski definition) is 2. The third-order valence-electron chi connectivity index (χ3n) is 6.26. The van der Waals surface area contributed by atoms with E-state index < -0.39 is 57.6 Å². The van der Waals surface area contributed by atoms with Crippen LogP contribution in [0, 0.1) is 5.82 Å². The zero-order valence-corrected chi connectivity index (χ0v) is 24.9. The fourth-order valence-electron chi connectivity index (χ4n) is 4.20. The number of amides is 1. The molecule has 3 aromatic carbocycles. The van der Waals surface area contributed by atoms with Gasteiger partial charge in [0.2, 0.25) is 10.0 Å². The summed E-state index contributed by atoms with van der Waals surface area (Å²) in [6.07, 6.45) is -13.7. The molecule has 17 heteroatoms. The van der Waals surface area contributed by atoms with Crippen molar-refractivity contribution in [3.05, 3.63) is 82.5 Å². The van der Waals surface area contributed by atoms with Crippen molar-refractivity contribution in [1.29, 1.82) is 0 Å².